The van der Waals surface area contributed by atoms with Crippen LogP contribution in [0.3, 0.4) is 0 Å². The van der Waals surface area contributed by atoms with Crippen LogP contribution < -0.4 is 4.90 Å². The zero-order chi connectivity index (χ0) is 10.4. The predicted molar refractivity (Wildman–Crippen MR) is 54.5 cm³/mol. The summed E-state index contributed by atoms with van der Waals surface area (Å²) in [6, 6.07) is 5.25. The molecule has 1 aromatic rings. The van der Waals surface area contributed by atoms with E-state index in [4.69, 9.17) is 5.11 Å². The van der Waals surface area contributed by atoms with Crippen LogP contribution in [0.1, 0.15) is 19.8 Å². The highest BCUT2D eigenvalue weighted by atomic mass is 16.4. The van der Waals surface area contributed by atoms with Crippen molar-refractivity contribution in [2.24, 2.45) is 0 Å². The Labute approximate surface area is 83.2 Å². The third kappa shape index (κ3) is 2.73. The molecule has 0 aliphatic rings. The summed E-state index contributed by atoms with van der Waals surface area (Å²) >= 11 is 0. The van der Waals surface area contributed by atoms with Crippen molar-refractivity contribution in [3.8, 4) is 0 Å². The van der Waals surface area contributed by atoms with Gasteiger partial charge >= 0.3 is 6.09 Å². The molecule has 0 aliphatic heterocycles. The molecule has 0 bridgehead atoms. The van der Waals surface area contributed by atoms with Gasteiger partial charge in [0.15, 0.2) is 0 Å². The van der Waals surface area contributed by atoms with Crippen LogP contribution in [0.2, 0.25) is 0 Å². The summed E-state index contributed by atoms with van der Waals surface area (Å²) < 4.78 is 0. The highest BCUT2D eigenvalue weighted by molar-refractivity contribution is 5.84. The van der Waals surface area contributed by atoms with E-state index in [1.165, 1.54) is 4.90 Å². The smallest absolute Gasteiger partial charge is 0.413 e. The number of carboxylic acid groups (broad SMARTS) is 1. The zero-order valence-corrected chi connectivity index (χ0v) is 8.18. The minimum Gasteiger partial charge on any atom is -0.465 e. The highest BCUT2D eigenvalue weighted by Crippen LogP contribution is 2.10. The van der Waals surface area contributed by atoms with E-state index < -0.39 is 6.09 Å². The van der Waals surface area contributed by atoms with Gasteiger partial charge in [0.25, 0.3) is 0 Å². The van der Waals surface area contributed by atoms with Crippen LogP contribution in [0.5, 0.6) is 0 Å². The number of aromatic nitrogens is 1. The Bertz CT molecular complexity index is 287. The van der Waals surface area contributed by atoms with E-state index in [1.807, 2.05) is 6.92 Å². The Kier molecular flexibility index (Phi) is 3.91. The molecule has 0 aromatic carbocycles. The molecule has 0 spiro atoms. The van der Waals surface area contributed by atoms with Gasteiger partial charge in [0.2, 0.25) is 0 Å². The number of hydrogen-bond donors (Lipinski definition) is 1. The average Bonchev–Trinajstić information content (AvgIpc) is 2.19. The average molecular weight is 194 g/mol. The molecular weight excluding hydrogens is 180 g/mol. The van der Waals surface area contributed by atoms with Crippen LogP contribution in [0.4, 0.5) is 10.6 Å². The summed E-state index contributed by atoms with van der Waals surface area (Å²) in [6.45, 7) is 2.53. The Balaban J connectivity index is 2.73. The van der Waals surface area contributed by atoms with Crippen LogP contribution in [-0.2, 0) is 0 Å². The fraction of sp³-hybridized carbons (Fsp3) is 0.400. The molecule has 0 radical (unpaired) electrons. The first-order valence-electron chi connectivity index (χ1n) is 4.67. The minimum absolute atomic E-state index is 0.494. The van der Waals surface area contributed by atoms with E-state index in [0.717, 1.165) is 12.8 Å². The lowest BCUT2D eigenvalue weighted by Crippen LogP contribution is -2.30. The van der Waals surface area contributed by atoms with Crippen molar-refractivity contribution in [1.82, 2.24) is 4.98 Å². The molecule has 1 rings (SSSR count). The summed E-state index contributed by atoms with van der Waals surface area (Å²) in [6.07, 6.45) is 2.47. The monoisotopic (exact) mass is 194 g/mol. The van der Waals surface area contributed by atoms with Crippen LogP contribution in [0.15, 0.2) is 24.4 Å². The Hall–Kier alpha value is -1.58. The summed E-state index contributed by atoms with van der Waals surface area (Å²) in [5.74, 6) is 0.494. The Morgan fingerprint density at radius 1 is 1.57 bits per heavy atom. The molecule has 14 heavy (non-hydrogen) atoms. The molecule has 0 atom stereocenters. The maximum atomic E-state index is 10.9. The van der Waals surface area contributed by atoms with E-state index in [-0.39, 0.29) is 0 Å². The molecule has 4 heteroatoms. The van der Waals surface area contributed by atoms with Crippen molar-refractivity contribution in [3.63, 3.8) is 0 Å². The largest absolute Gasteiger partial charge is 0.465 e. The molecule has 0 saturated carbocycles. The van der Waals surface area contributed by atoms with Crippen LogP contribution in [0, 0.1) is 0 Å². The quantitative estimate of drug-likeness (QED) is 0.800. The fourth-order valence-corrected chi connectivity index (χ4v) is 1.14. The van der Waals surface area contributed by atoms with Crippen molar-refractivity contribution in [2.45, 2.75) is 19.8 Å². The maximum absolute atomic E-state index is 10.9. The van der Waals surface area contributed by atoms with Gasteiger partial charge in [-0.3, -0.25) is 4.90 Å². The topological polar surface area (TPSA) is 53.4 Å². The van der Waals surface area contributed by atoms with Gasteiger partial charge in [-0.25, -0.2) is 9.78 Å². The number of hydrogen-bond acceptors (Lipinski definition) is 2. The first-order chi connectivity index (χ1) is 6.75. The van der Waals surface area contributed by atoms with Gasteiger partial charge in [-0.2, -0.15) is 0 Å². The van der Waals surface area contributed by atoms with Crippen LogP contribution in [-0.4, -0.2) is 22.7 Å². The lowest BCUT2D eigenvalue weighted by atomic mass is 10.3. The third-order valence-electron chi connectivity index (χ3n) is 1.89. The number of unbranched alkanes of at least 4 members (excludes halogenated alkanes) is 1. The van der Waals surface area contributed by atoms with Crippen molar-refractivity contribution >= 4 is 11.9 Å². The lowest BCUT2D eigenvalue weighted by molar-refractivity contribution is 0.201. The number of nitrogens with zero attached hydrogens (tertiary/aromatic N) is 2. The molecular formula is C10H14N2O2. The van der Waals surface area contributed by atoms with Gasteiger partial charge < -0.3 is 5.11 Å². The Morgan fingerprint density at radius 3 is 2.86 bits per heavy atom. The molecule has 1 amide bonds. The molecule has 0 fully saturated rings. The summed E-state index contributed by atoms with van der Waals surface area (Å²) in [7, 11) is 0. The molecule has 0 aliphatic carbocycles. The molecule has 76 valence electrons. The third-order valence-corrected chi connectivity index (χ3v) is 1.89. The van der Waals surface area contributed by atoms with E-state index in [9.17, 15) is 4.79 Å². The molecule has 1 heterocycles. The number of pyridine rings is 1. The molecule has 0 saturated heterocycles. The zero-order valence-electron chi connectivity index (χ0n) is 8.18. The lowest BCUT2D eigenvalue weighted by Gasteiger charge is -2.17. The number of anilines is 1. The number of rotatable bonds is 4. The predicted octanol–water partition coefficient (Wildman–Crippen LogP) is 2.37. The van der Waals surface area contributed by atoms with Gasteiger partial charge in [0.1, 0.15) is 5.82 Å². The van der Waals surface area contributed by atoms with Gasteiger partial charge in [-0.15, -0.1) is 0 Å². The second-order valence-electron chi connectivity index (χ2n) is 2.98. The molecule has 0 unspecified atom stereocenters. The molecule has 1 aromatic heterocycles. The molecule has 4 nitrogen and oxygen atoms in total. The fourth-order valence-electron chi connectivity index (χ4n) is 1.14. The summed E-state index contributed by atoms with van der Waals surface area (Å²) in [4.78, 5) is 16.2. The van der Waals surface area contributed by atoms with Crippen molar-refractivity contribution < 1.29 is 9.90 Å². The van der Waals surface area contributed by atoms with Crippen LogP contribution in [0.25, 0.3) is 0 Å². The number of amides is 1. The van der Waals surface area contributed by atoms with E-state index in [2.05, 4.69) is 4.98 Å². The minimum atomic E-state index is -0.947. The second kappa shape index (κ2) is 5.21. The van der Waals surface area contributed by atoms with Crippen molar-refractivity contribution in [2.75, 3.05) is 11.4 Å². The second-order valence-corrected chi connectivity index (χ2v) is 2.98. The van der Waals surface area contributed by atoms with Gasteiger partial charge in [0.05, 0.1) is 0 Å². The summed E-state index contributed by atoms with van der Waals surface area (Å²) in [5.41, 5.74) is 0. The SMILES string of the molecule is CCCCN(C(=O)O)c1ccccn1. The van der Waals surface area contributed by atoms with E-state index in [1.54, 1.807) is 24.4 Å². The first-order valence-corrected chi connectivity index (χ1v) is 4.67. The van der Waals surface area contributed by atoms with E-state index in [0.29, 0.717) is 12.4 Å². The molecule has 1 N–H and O–H groups in total. The Morgan fingerprint density at radius 2 is 2.36 bits per heavy atom. The highest BCUT2D eigenvalue weighted by Gasteiger charge is 2.13. The van der Waals surface area contributed by atoms with E-state index >= 15 is 0 Å². The van der Waals surface area contributed by atoms with Gasteiger partial charge in [-0.05, 0) is 18.6 Å². The van der Waals surface area contributed by atoms with Crippen molar-refractivity contribution in [1.29, 1.82) is 0 Å². The maximum Gasteiger partial charge on any atom is 0.413 e. The van der Waals surface area contributed by atoms with Crippen LogP contribution >= 0.6 is 0 Å². The van der Waals surface area contributed by atoms with Gasteiger partial charge in [0, 0.05) is 12.7 Å². The van der Waals surface area contributed by atoms with Crippen molar-refractivity contribution in [3.05, 3.63) is 24.4 Å². The summed E-state index contributed by atoms with van der Waals surface area (Å²) in [5, 5.41) is 8.94. The normalized spacial score (nSPS) is 9.79. The van der Waals surface area contributed by atoms with Gasteiger partial charge in [-0.1, -0.05) is 19.4 Å². The standard InChI is InChI=1S/C10H14N2O2/c1-2-3-8-12(10(13)14)9-6-4-5-7-11-9/h4-7H,2-3,8H2,1H3,(H,13,14). The number of carbonyl (C=O) groups is 1. The first kappa shape index (κ1) is 10.5.